The molecule has 0 bridgehead atoms. The minimum Gasteiger partial charge on any atom is -0.366 e. The lowest BCUT2D eigenvalue weighted by atomic mass is 10.0. The van der Waals surface area contributed by atoms with Gasteiger partial charge >= 0.3 is 0 Å². The maximum absolute atomic E-state index is 5.04. The van der Waals surface area contributed by atoms with Crippen molar-refractivity contribution in [3.63, 3.8) is 0 Å². The first kappa shape index (κ1) is 10.9. The predicted octanol–water partition coefficient (Wildman–Crippen LogP) is 1.75. The van der Waals surface area contributed by atoms with Crippen LogP contribution in [-0.4, -0.2) is 48.0 Å². The Balaban J connectivity index is 2.36. The third-order valence-corrected chi connectivity index (χ3v) is 3.05. The number of likely N-dealkylation sites (tertiary alicyclic amines) is 1. The number of rotatable bonds is 4. The summed E-state index contributed by atoms with van der Waals surface area (Å²) in [7, 11) is 2.19. The van der Waals surface area contributed by atoms with E-state index < -0.39 is 0 Å². The van der Waals surface area contributed by atoms with E-state index in [9.17, 15) is 0 Å². The molecule has 0 unspecified atom stereocenters. The molecule has 1 fully saturated rings. The molecule has 3 heteroatoms. The van der Waals surface area contributed by atoms with Crippen molar-refractivity contribution in [3.8, 4) is 0 Å². The van der Waals surface area contributed by atoms with Crippen molar-refractivity contribution in [2.75, 3.05) is 26.7 Å². The monoisotopic (exact) mass is 200 g/mol. The molecule has 0 aromatic heterocycles. The van der Waals surface area contributed by atoms with Crippen LogP contribution in [-0.2, 0) is 0 Å². The first-order chi connectivity index (χ1) is 6.27. The van der Waals surface area contributed by atoms with Crippen LogP contribution >= 0.6 is 12.2 Å². The maximum atomic E-state index is 5.04. The van der Waals surface area contributed by atoms with Gasteiger partial charge in [0.2, 0.25) is 0 Å². The van der Waals surface area contributed by atoms with Gasteiger partial charge in [-0.2, -0.15) is 0 Å². The number of hydrogen-bond acceptors (Lipinski definition) is 2. The average molecular weight is 200 g/mol. The molecule has 0 atom stereocenters. The fourth-order valence-electron chi connectivity index (χ4n) is 1.91. The number of nitrogens with zero attached hydrogens (tertiary/aromatic N) is 2. The molecule has 0 amide bonds. The molecule has 0 saturated carbocycles. The van der Waals surface area contributed by atoms with Gasteiger partial charge in [-0.3, -0.25) is 0 Å². The highest BCUT2D eigenvalue weighted by Crippen LogP contribution is 2.14. The first-order valence-corrected chi connectivity index (χ1v) is 5.64. The van der Waals surface area contributed by atoms with E-state index in [0.29, 0.717) is 6.04 Å². The van der Waals surface area contributed by atoms with Gasteiger partial charge in [0.15, 0.2) is 0 Å². The minimum atomic E-state index is 0.702. The van der Waals surface area contributed by atoms with Gasteiger partial charge in [0, 0.05) is 12.6 Å². The molecule has 0 aliphatic carbocycles. The van der Waals surface area contributed by atoms with Gasteiger partial charge in [-0.05, 0) is 39.4 Å². The van der Waals surface area contributed by atoms with Crippen molar-refractivity contribution in [2.24, 2.45) is 0 Å². The Bertz CT molecular complexity index is 153. The lowest BCUT2D eigenvalue weighted by molar-refractivity contribution is 0.181. The highest BCUT2D eigenvalue weighted by atomic mass is 32.1. The van der Waals surface area contributed by atoms with Gasteiger partial charge < -0.3 is 9.80 Å². The van der Waals surface area contributed by atoms with Gasteiger partial charge in [0.25, 0.3) is 0 Å². The van der Waals surface area contributed by atoms with Crippen molar-refractivity contribution >= 4 is 17.7 Å². The van der Waals surface area contributed by atoms with E-state index in [1.165, 1.54) is 32.4 Å². The molecule has 1 saturated heterocycles. The highest BCUT2D eigenvalue weighted by molar-refractivity contribution is 7.78. The second-order valence-corrected chi connectivity index (χ2v) is 4.09. The lowest BCUT2D eigenvalue weighted by Gasteiger charge is -2.36. The summed E-state index contributed by atoms with van der Waals surface area (Å²) in [6.07, 6.45) is 3.73. The molecule has 1 heterocycles. The van der Waals surface area contributed by atoms with E-state index in [1.807, 2.05) is 5.49 Å². The SMILES string of the molecule is CCCN(C=S)C1CCN(C)CC1. The summed E-state index contributed by atoms with van der Waals surface area (Å²) in [6, 6.07) is 0.702. The zero-order chi connectivity index (χ0) is 9.68. The van der Waals surface area contributed by atoms with E-state index in [1.54, 1.807) is 0 Å². The Labute approximate surface area is 86.9 Å². The van der Waals surface area contributed by atoms with Gasteiger partial charge in [0.1, 0.15) is 0 Å². The van der Waals surface area contributed by atoms with Crippen molar-refractivity contribution in [3.05, 3.63) is 0 Å². The minimum absolute atomic E-state index is 0.702. The van der Waals surface area contributed by atoms with Crippen molar-refractivity contribution in [1.29, 1.82) is 0 Å². The third-order valence-electron chi connectivity index (χ3n) is 2.77. The van der Waals surface area contributed by atoms with Crippen molar-refractivity contribution in [1.82, 2.24) is 9.80 Å². The molecule has 1 aliphatic rings. The molecule has 76 valence electrons. The van der Waals surface area contributed by atoms with Crippen LogP contribution in [0.5, 0.6) is 0 Å². The summed E-state index contributed by atoms with van der Waals surface area (Å²) < 4.78 is 0. The Morgan fingerprint density at radius 2 is 2.08 bits per heavy atom. The quantitative estimate of drug-likeness (QED) is 0.638. The number of piperidine rings is 1. The molecule has 0 aromatic carbocycles. The summed E-state index contributed by atoms with van der Waals surface area (Å²) >= 11 is 5.04. The Kier molecular flexibility index (Phi) is 4.67. The largest absolute Gasteiger partial charge is 0.366 e. The van der Waals surface area contributed by atoms with Crippen molar-refractivity contribution < 1.29 is 0 Å². The molecule has 1 rings (SSSR count). The van der Waals surface area contributed by atoms with Crippen LogP contribution in [0.4, 0.5) is 0 Å². The van der Waals surface area contributed by atoms with Crippen LogP contribution in [0, 0.1) is 0 Å². The topological polar surface area (TPSA) is 6.48 Å². The number of hydrogen-bond donors (Lipinski definition) is 0. The van der Waals surface area contributed by atoms with E-state index in [-0.39, 0.29) is 0 Å². The van der Waals surface area contributed by atoms with Gasteiger partial charge in [0.05, 0.1) is 5.49 Å². The molecular formula is C10H20N2S. The van der Waals surface area contributed by atoms with Gasteiger partial charge in [-0.25, -0.2) is 0 Å². The Hall–Kier alpha value is -0.150. The third kappa shape index (κ3) is 3.24. The summed E-state index contributed by atoms with van der Waals surface area (Å²) in [5.74, 6) is 0. The lowest BCUT2D eigenvalue weighted by Crippen LogP contribution is -2.43. The van der Waals surface area contributed by atoms with E-state index in [2.05, 4.69) is 23.8 Å². The van der Waals surface area contributed by atoms with E-state index in [4.69, 9.17) is 12.2 Å². The molecule has 0 N–H and O–H groups in total. The molecule has 0 aromatic rings. The van der Waals surface area contributed by atoms with Crippen LogP contribution in [0.3, 0.4) is 0 Å². The normalized spacial score (nSPS) is 20.2. The molecule has 0 radical (unpaired) electrons. The first-order valence-electron chi connectivity index (χ1n) is 5.17. The van der Waals surface area contributed by atoms with Crippen molar-refractivity contribution in [2.45, 2.75) is 32.2 Å². The zero-order valence-electron chi connectivity index (χ0n) is 8.70. The zero-order valence-corrected chi connectivity index (χ0v) is 9.52. The second kappa shape index (κ2) is 5.55. The standard InChI is InChI=1S/C10H20N2S/c1-3-6-12(9-13)10-4-7-11(2)8-5-10/h9-10H,3-8H2,1-2H3. The van der Waals surface area contributed by atoms with E-state index >= 15 is 0 Å². The van der Waals surface area contributed by atoms with Gasteiger partial charge in [-0.1, -0.05) is 19.1 Å². The van der Waals surface area contributed by atoms with Gasteiger partial charge in [-0.15, -0.1) is 0 Å². The van der Waals surface area contributed by atoms with Crippen LogP contribution < -0.4 is 0 Å². The number of thiocarbonyl (C=S) groups is 1. The molecule has 2 nitrogen and oxygen atoms in total. The average Bonchev–Trinajstić information content (AvgIpc) is 2.16. The second-order valence-electron chi connectivity index (χ2n) is 3.88. The predicted molar refractivity (Wildman–Crippen MR) is 61.2 cm³/mol. The maximum Gasteiger partial charge on any atom is 0.0643 e. The summed E-state index contributed by atoms with van der Waals surface area (Å²) in [4.78, 5) is 4.73. The van der Waals surface area contributed by atoms with Crippen LogP contribution in [0.25, 0.3) is 0 Å². The fraction of sp³-hybridized carbons (Fsp3) is 0.900. The highest BCUT2D eigenvalue weighted by Gasteiger charge is 2.20. The Morgan fingerprint density at radius 1 is 1.46 bits per heavy atom. The molecular weight excluding hydrogens is 180 g/mol. The smallest absolute Gasteiger partial charge is 0.0643 e. The molecule has 0 spiro atoms. The molecule has 1 aliphatic heterocycles. The van der Waals surface area contributed by atoms with Crippen LogP contribution in [0.2, 0.25) is 0 Å². The summed E-state index contributed by atoms with van der Waals surface area (Å²) in [5.41, 5.74) is 1.85. The molecule has 13 heavy (non-hydrogen) atoms. The Morgan fingerprint density at radius 3 is 2.54 bits per heavy atom. The fourth-order valence-corrected chi connectivity index (χ4v) is 2.18. The summed E-state index contributed by atoms with van der Waals surface area (Å²) in [6.45, 7) is 5.76. The summed E-state index contributed by atoms with van der Waals surface area (Å²) in [5, 5.41) is 0. The van der Waals surface area contributed by atoms with E-state index in [0.717, 1.165) is 6.54 Å². The van der Waals surface area contributed by atoms with Crippen LogP contribution in [0.1, 0.15) is 26.2 Å². The van der Waals surface area contributed by atoms with Crippen LogP contribution in [0.15, 0.2) is 0 Å².